The Kier molecular flexibility index (Phi) is 22.7. The molecule has 0 saturated heterocycles. The number of carbonyl (C=O) groups excluding carboxylic acids is 1. The number of carbonyl (C=O) groups is 2. The summed E-state index contributed by atoms with van der Waals surface area (Å²) in [6.07, 6.45) is 1.52. The molecule has 12 heteroatoms. The first kappa shape index (κ1) is 46.2. The van der Waals surface area contributed by atoms with Crippen LogP contribution in [-0.4, -0.2) is 43.0 Å². The summed E-state index contributed by atoms with van der Waals surface area (Å²) in [4.78, 5) is 22.5. The van der Waals surface area contributed by atoms with Gasteiger partial charge in [-0.3, -0.25) is 0 Å². The van der Waals surface area contributed by atoms with Gasteiger partial charge in [0.2, 0.25) is 0 Å². The first-order valence-electron chi connectivity index (χ1n) is 14.0. The van der Waals surface area contributed by atoms with Gasteiger partial charge in [-0.1, -0.05) is 135 Å². The van der Waals surface area contributed by atoms with Crippen LogP contribution in [0.25, 0.3) is 0 Å². The fraction of sp³-hybridized carbons (Fsp3) is 0.278. The Balaban J connectivity index is 0.000000779. The summed E-state index contributed by atoms with van der Waals surface area (Å²) in [6.45, 7) is 5.85. The molecule has 4 aromatic rings. The van der Waals surface area contributed by atoms with Gasteiger partial charge < -0.3 is 24.4 Å². The van der Waals surface area contributed by atoms with Crippen LogP contribution in [0.2, 0.25) is 20.1 Å². The second-order valence-corrected chi connectivity index (χ2v) is 12.2. The molecule has 254 valence electrons. The van der Waals surface area contributed by atoms with Crippen LogP contribution in [0.5, 0.6) is 11.5 Å². The molecular weight excluding hydrogens is 725 g/mol. The van der Waals surface area contributed by atoms with Crippen molar-refractivity contribution in [3.8, 4) is 11.5 Å². The molecule has 4 aromatic carbocycles. The van der Waals surface area contributed by atoms with Crippen molar-refractivity contribution in [2.24, 2.45) is 0 Å². The van der Waals surface area contributed by atoms with Crippen LogP contribution >= 0.6 is 46.4 Å². The Morgan fingerprint density at radius 1 is 0.688 bits per heavy atom. The molecule has 0 heterocycles. The average Bonchev–Trinajstić information content (AvgIpc) is 2.97. The molecule has 0 fully saturated rings. The largest absolute Gasteiger partial charge is 1.00 e. The molecule has 4 rings (SSSR count). The maximum Gasteiger partial charge on any atom is 1.00 e. The van der Waals surface area contributed by atoms with Gasteiger partial charge in [0.05, 0.1) is 51.5 Å². The van der Waals surface area contributed by atoms with Gasteiger partial charge in [0.15, 0.2) is 0 Å². The van der Waals surface area contributed by atoms with E-state index in [1.165, 1.54) is 24.8 Å². The second-order valence-electron chi connectivity index (χ2n) is 10.6. The van der Waals surface area contributed by atoms with Gasteiger partial charge in [-0.15, -0.1) is 5.60 Å². The molecule has 0 spiro atoms. The first-order valence-corrected chi connectivity index (χ1v) is 15.5. The quantitative estimate of drug-likeness (QED) is 0.145. The number of rotatable bonds is 10. The van der Waals surface area contributed by atoms with Crippen molar-refractivity contribution in [2.45, 2.75) is 46.6 Å². The van der Waals surface area contributed by atoms with E-state index >= 15 is 0 Å². The van der Waals surface area contributed by atoms with E-state index in [0.717, 1.165) is 18.4 Å². The van der Waals surface area contributed by atoms with Crippen molar-refractivity contribution in [1.82, 2.24) is 0 Å². The standard InChI is InChI=1S/C16H14Cl2O3.C15H12Cl2O3.C4H9O.CH4.K/c1-20-16(19)15-13(17)9-12(10-14(15)18)21-8-7-11-5-3-2-4-6-11;16-12-8-11(9-13(17)14(12)15(18)19)20-7-6-10-4-2-1-3-5-10;1-4(2,3)5;;/h2-6,9-10H,7-8H2,1H3;1-5,8-9H,6-7H2,(H,18,19);1-3H3;1H4;/q;;-1;;+1. The number of ether oxygens (including phenoxy) is 3. The SMILES string of the molecule is C.CC(C)(C)[O-].COC(=O)c1c(Cl)cc(OCCc2ccccc2)cc1Cl.O=C(O)c1c(Cl)cc(OCCc2ccccc2)cc1Cl.[K+]. The molecule has 0 radical (unpaired) electrons. The van der Waals surface area contributed by atoms with Gasteiger partial charge in [0.1, 0.15) is 11.5 Å². The molecule has 1 N–H and O–H groups in total. The second kappa shape index (κ2) is 23.6. The third kappa shape index (κ3) is 17.7. The van der Waals surface area contributed by atoms with Crippen LogP contribution in [0.4, 0.5) is 0 Å². The van der Waals surface area contributed by atoms with Gasteiger partial charge in [0, 0.05) is 12.8 Å². The summed E-state index contributed by atoms with van der Waals surface area (Å²) in [7, 11) is 1.28. The van der Waals surface area contributed by atoms with Crippen LogP contribution in [0.1, 0.15) is 60.0 Å². The van der Waals surface area contributed by atoms with E-state index in [-0.39, 0.29) is 90.0 Å². The maximum atomic E-state index is 11.5. The minimum absolute atomic E-state index is 0. The molecule has 0 amide bonds. The molecule has 0 unspecified atom stereocenters. The number of aromatic carboxylic acids is 1. The van der Waals surface area contributed by atoms with Crippen LogP contribution in [0.15, 0.2) is 84.9 Å². The normalized spacial score (nSPS) is 10.0. The summed E-state index contributed by atoms with van der Waals surface area (Å²) in [5.41, 5.74) is 1.63. The van der Waals surface area contributed by atoms with Crippen LogP contribution in [-0.2, 0) is 17.6 Å². The predicted octanol–water partition coefficient (Wildman–Crippen LogP) is 6.50. The Bertz CT molecular complexity index is 1510. The maximum absolute atomic E-state index is 11.5. The Morgan fingerprint density at radius 2 is 1.00 bits per heavy atom. The number of hydrogen-bond acceptors (Lipinski definition) is 6. The number of carboxylic acids is 1. The van der Waals surface area contributed by atoms with Crippen molar-refractivity contribution in [1.29, 1.82) is 0 Å². The molecule has 0 aliphatic heterocycles. The van der Waals surface area contributed by atoms with Crippen LogP contribution in [0.3, 0.4) is 0 Å². The summed E-state index contributed by atoms with van der Waals surface area (Å²) in [5, 5.41) is 19.6. The van der Waals surface area contributed by atoms with Crippen LogP contribution in [0, 0.1) is 0 Å². The Labute approximate surface area is 345 Å². The number of hydrogen-bond donors (Lipinski definition) is 1. The molecule has 7 nitrogen and oxygen atoms in total. The molecule has 0 saturated carbocycles. The van der Waals surface area contributed by atoms with E-state index in [0.29, 0.717) is 24.7 Å². The average molecular weight is 765 g/mol. The van der Waals surface area contributed by atoms with Crippen molar-refractivity contribution >= 4 is 58.3 Å². The number of esters is 1. The van der Waals surface area contributed by atoms with Gasteiger partial charge in [-0.25, -0.2) is 9.59 Å². The smallest absolute Gasteiger partial charge is 0.850 e. The number of benzene rings is 4. The fourth-order valence-corrected chi connectivity index (χ4v) is 4.88. The summed E-state index contributed by atoms with van der Waals surface area (Å²) in [6, 6.07) is 25.9. The molecule has 0 bridgehead atoms. The first-order chi connectivity index (χ1) is 21.7. The minimum Gasteiger partial charge on any atom is -0.850 e. The van der Waals surface area contributed by atoms with Crippen molar-refractivity contribution < 1.29 is 85.4 Å². The van der Waals surface area contributed by atoms with E-state index in [2.05, 4.69) is 4.74 Å². The summed E-state index contributed by atoms with van der Waals surface area (Å²) < 4.78 is 15.8. The van der Waals surface area contributed by atoms with Gasteiger partial charge in [-0.05, 0) is 35.4 Å². The molecular formula is C36H39Cl4KO7. The Morgan fingerprint density at radius 3 is 1.29 bits per heavy atom. The zero-order valence-electron chi connectivity index (χ0n) is 26.8. The number of carboxylic acid groups (broad SMARTS) is 1. The predicted molar refractivity (Wildman–Crippen MR) is 189 cm³/mol. The zero-order valence-corrected chi connectivity index (χ0v) is 33.0. The zero-order chi connectivity index (χ0) is 34.3. The van der Waals surface area contributed by atoms with E-state index in [1.807, 2.05) is 60.7 Å². The molecule has 0 aromatic heterocycles. The molecule has 0 atom stereocenters. The van der Waals surface area contributed by atoms with Gasteiger partial charge >= 0.3 is 63.3 Å². The molecule has 0 aliphatic rings. The van der Waals surface area contributed by atoms with Crippen molar-refractivity contribution in [2.75, 3.05) is 20.3 Å². The van der Waals surface area contributed by atoms with E-state index in [4.69, 9.17) is 61.0 Å². The van der Waals surface area contributed by atoms with E-state index in [9.17, 15) is 14.7 Å². The number of methoxy groups -OCH3 is 1. The summed E-state index contributed by atoms with van der Waals surface area (Å²) >= 11 is 23.8. The summed E-state index contributed by atoms with van der Waals surface area (Å²) in [5.74, 6) is -0.744. The van der Waals surface area contributed by atoms with Gasteiger partial charge in [-0.2, -0.15) is 0 Å². The fourth-order valence-electron chi connectivity index (χ4n) is 3.63. The topological polar surface area (TPSA) is 105 Å². The molecule has 0 aliphatic carbocycles. The van der Waals surface area contributed by atoms with E-state index in [1.54, 1.807) is 32.9 Å². The van der Waals surface area contributed by atoms with Gasteiger partial charge in [0.25, 0.3) is 0 Å². The van der Waals surface area contributed by atoms with E-state index < -0.39 is 17.5 Å². The third-order valence-corrected chi connectivity index (χ3v) is 6.83. The van der Waals surface area contributed by atoms with Crippen molar-refractivity contribution in [3.63, 3.8) is 0 Å². The Hall–Kier alpha value is -1.82. The minimum atomic E-state index is -1.16. The van der Waals surface area contributed by atoms with Crippen LogP contribution < -0.4 is 66.0 Å². The monoisotopic (exact) mass is 762 g/mol. The number of halogens is 4. The third-order valence-electron chi connectivity index (χ3n) is 5.64. The molecule has 48 heavy (non-hydrogen) atoms. The van der Waals surface area contributed by atoms with Crippen molar-refractivity contribution in [3.05, 3.63) is 127 Å².